The van der Waals surface area contributed by atoms with Crippen LogP contribution < -0.4 is 14.4 Å². The Balaban J connectivity index is 1.80. The van der Waals surface area contributed by atoms with Crippen molar-refractivity contribution in [3.8, 4) is 11.5 Å². The molecule has 0 spiro atoms. The van der Waals surface area contributed by atoms with Crippen LogP contribution in [0.4, 0.5) is 5.69 Å². The van der Waals surface area contributed by atoms with Gasteiger partial charge in [-0.1, -0.05) is 51.1 Å². The van der Waals surface area contributed by atoms with Crippen molar-refractivity contribution in [2.24, 2.45) is 5.92 Å². The summed E-state index contributed by atoms with van der Waals surface area (Å²) in [6.45, 7) is 9.24. The lowest BCUT2D eigenvalue weighted by Crippen LogP contribution is -2.29. The molecule has 1 N–H and O–H groups in total. The van der Waals surface area contributed by atoms with Crippen LogP contribution in [-0.4, -0.2) is 30.0 Å². The number of rotatable bonds is 9. The molecule has 1 atom stereocenters. The van der Waals surface area contributed by atoms with E-state index in [1.807, 2.05) is 56.3 Å². The first-order valence-corrected chi connectivity index (χ1v) is 12.6. The van der Waals surface area contributed by atoms with Gasteiger partial charge >= 0.3 is 0 Å². The minimum absolute atomic E-state index is 0.0475. The van der Waals surface area contributed by atoms with E-state index in [-0.39, 0.29) is 11.3 Å². The fraction of sp³-hybridized carbons (Fsp3) is 0.290. The fourth-order valence-corrected chi connectivity index (χ4v) is 4.34. The highest BCUT2D eigenvalue weighted by atomic mass is 16.5. The van der Waals surface area contributed by atoms with E-state index in [0.29, 0.717) is 47.4 Å². The minimum atomic E-state index is -0.792. The molecule has 1 saturated heterocycles. The van der Waals surface area contributed by atoms with Crippen molar-refractivity contribution in [3.05, 3.63) is 95.1 Å². The van der Waals surface area contributed by atoms with E-state index in [1.54, 1.807) is 30.3 Å². The third-order valence-corrected chi connectivity index (χ3v) is 6.17. The second-order valence-electron chi connectivity index (χ2n) is 9.61. The Labute approximate surface area is 218 Å². The average molecular weight is 500 g/mol. The van der Waals surface area contributed by atoms with Crippen LogP contribution in [0.15, 0.2) is 78.4 Å². The highest BCUT2D eigenvalue weighted by Crippen LogP contribution is 2.42. The Kier molecular flexibility index (Phi) is 7.97. The summed E-state index contributed by atoms with van der Waals surface area (Å²) in [4.78, 5) is 28.1. The number of Topliss-reactive ketones (excluding diaryl/α,β-unsaturated/α-hetero) is 1. The molecule has 37 heavy (non-hydrogen) atoms. The first-order chi connectivity index (χ1) is 17.8. The largest absolute Gasteiger partial charge is 0.507 e. The molecule has 0 bridgehead atoms. The van der Waals surface area contributed by atoms with Gasteiger partial charge in [-0.05, 0) is 72.9 Å². The molecule has 1 amide bonds. The number of ether oxygens (including phenoxy) is 2. The Morgan fingerprint density at radius 2 is 1.68 bits per heavy atom. The second-order valence-corrected chi connectivity index (χ2v) is 9.61. The van der Waals surface area contributed by atoms with Crippen molar-refractivity contribution in [1.82, 2.24) is 0 Å². The topological polar surface area (TPSA) is 76.1 Å². The number of ketones is 1. The van der Waals surface area contributed by atoms with E-state index in [1.165, 1.54) is 4.90 Å². The molecule has 3 aromatic carbocycles. The summed E-state index contributed by atoms with van der Waals surface area (Å²) in [5, 5.41) is 11.4. The van der Waals surface area contributed by atoms with Gasteiger partial charge in [0.1, 0.15) is 17.3 Å². The van der Waals surface area contributed by atoms with Gasteiger partial charge in [0, 0.05) is 11.3 Å². The second kappa shape index (κ2) is 11.3. The lowest BCUT2D eigenvalue weighted by Gasteiger charge is -2.25. The standard InChI is InChI=1S/C31H33NO5/c1-5-17-36-25-14-11-22(12-15-25)28-27(30(34)31(35)32(28)24-9-7-6-8-10-24)29(33)23-13-16-26(21(4)18-23)37-19-20(2)3/h6-16,18,20,28,33H,5,17,19H2,1-4H3/b29-27-. The van der Waals surface area contributed by atoms with Gasteiger partial charge in [0.25, 0.3) is 11.7 Å². The number of aliphatic hydroxyl groups is 1. The zero-order valence-corrected chi connectivity index (χ0v) is 21.7. The number of carbonyl (C=O) groups excluding carboxylic acids is 2. The molecule has 1 heterocycles. The number of amides is 1. The van der Waals surface area contributed by atoms with Crippen molar-refractivity contribution in [1.29, 1.82) is 0 Å². The van der Waals surface area contributed by atoms with Gasteiger partial charge in [-0.2, -0.15) is 0 Å². The van der Waals surface area contributed by atoms with Crippen molar-refractivity contribution in [2.75, 3.05) is 18.1 Å². The summed E-state index contributed by atoms with van der Waals surface area (Å²) < 4.78 is 11.6. The molecular formula is C31H33NO5. The van der Waals surface area contributed by atoms with E-state index in [2.05, 4.69) is 13.8 Å². The number of para-hydroxylation sites is 1. The van der Waals surface area contributed by atoms with E-state index in [4.69, 9.17) is 9.47 Å². The van der Waals surface area contributed by atoms with Gasteiger partial charge in [0.05, 0.1) is 24.8 Å². The van der Waals surface area contributed by atoms with E-state index in [0.717, 1.165) is 12.0 Å². The number of carbonyl (C=O) groups is 2. The number of aliphatic hydroxyl groups excluding tert-OH is 1. The monoisotopic (exact) mass is 499 g/mol. The first kappa shape index (κ1) is 26.0. The maximum absolute atomic E-state index is 13.4. The molecule has 6 heteroatoms. The third kappa shape index (κ3) is 5.53. The molecule has 0 radical (unpaired) electrons. The fourth-order valence-electron chi connectivity index (χ4n) is 4.34. The highest BCUT2D eigenvalue weighted by Gasteiger charge is 2.47. The Bertz CT molecular complexity index is 1290. The summed E-state index contributed by atoms with van der Waals surface area (Å²) in [6, 6.07) is 20.8. The third-order valence-electron chi connectivity index (χ3n) is 6.17. The van der Waals surface area contributed by atoms with Gasteiger partial charge in [0.15, 0.2) is 0 Å². The molecule has 1 fully saturated rings. The number of benzene rings is 3. The first-order valence-electron chi connectivity index (χ1n) is 12.6. The van der Waals surface area contributed by atoms with E-state index >= 15 is 0 Å². The summed E-state index contributed by atoms with van der Waals surface area (Å²) in [7, 11) is 0. The number of hydrogen-bond acceptors (Lipinski definition) is 5. The average Bonchev–Trinajstić information content (AvgIpc) is 3.17. The molecular weight excluding hydrogens is 466 g/mol. The molecule has 1 aliphatic rings. The van der Waals surface area contributed by atoms with Gasteiger partial charge < -0.3 is 14.6 Å². The van der Waals surface area contributed by atoms with Gasteiger partial charge in [-0.3, -0.25) is 14.5 Å². The SMILES string of the molecule is CCCOc1ccc(C2/C(=C(/O)c3ccc(OCC(C)C)c(C)c3)C(=O)C(=O)N2c2ccccc2)cc1. The van der Waals surface area contributed by atoms with Crippen LogP contribution in [0.1, 0.15) is 49.9 Å². The molecule has 0 aromatic heterocycles. The van der Waals surface area contributed by atoms with Crippen LogP contribution in [0.25, 0.3) is 5.76 Å². The Morgan fingerprint density at radius 1 is 0.973 bits per heavy atom. The zero-order chi connectivity index (χ0) is 26.5. The lowest BCUT2D eigenvalue weighted by atomic mass is 9.94. The van der Waals surface area contributed by atoms with E-state index in [9.17, 15) is 14.7 Å². The molecule has 1 unspecified atom stereocenters. The van der Waals surface area contributed by atoms with Crippen molar-refractivity contribution in [3.63, 3.8) is 0 Å². The molecule has 3 aromatic rings. The summed E-state index contributed by atoms with van der Waals surface area (Å²) >= 11 is 0. The molecule has 0 saturated carbocycles. The quantitative estimate of drug-likeness (QED) is 0.208. The number of nitrogens with zero attached hydrogens (tertiary/aromatic N) is 1. The maximum atomic E-state index is 13.4. The Hall–Kier alpha value is -4.06. The van der Waals surface area contributed by atoms with Gasteiger partial charge in [0.2, 0.25) is 0 Å². The van der Waals surface area contributed by atoms with Crippen LogP contribution in [0.2, 0.25) is 0 Å². The van der Waals surface area contributed by atoms with Crippen LogP contribution in [0.5, 0.6) is 11.5 Å². The maximum Gasteiger partial charge on any atom is 0.300 e. The van der Waals surface area contributed by atoms with Crippen molar-refractivity contribution < 1.29 is 24.2 Å². The zero-order valence-electron chi connectivity index (χ0n) is 21.7. The van der Waals surface area contributed by atoms with Gasteiger partial charge in [-0.15, -0.1) is 0 Å². The Morgan fingerprint density at radius 3 is 2.30 bits per heavy atom. The van der Waals surface area contributed by atoms with Crippen LogP contribution >= 0.6 is 0 Å². The molecule has 4 rings (SSSR count). The van der Waals surface area contributed by atoms with Crippen molar-refractivity contribution in [2.45, 2.75) is 40.2 Å². The molecule has 192 valence electrons. The molecule has 6 nitrogen and oxygen atoms in total. The van der Waals surface area contributed by atoms with Crippen LogP contribution in [-0.2, 0) is 9.59 Å². The minimum Gasteiger partial charge on any atom is -0.507 e. The summed E-state index contributed by atoms with van der Waals surface area (Å²) in [5.74, 6) is 0.170. The summed E-state index contributed by atoms with van der Waals surface area (Å²) in [6.07, 6.45) is 0.886. The predicted octanol–water partition coefficient (Wildman–Crippen LogP) is 6.44. The number of aryl methyl sites for hydroxylation is 1. The number of anilines is 1. The smallest absolute Gasteiger partial charge is 0.300 e. The van der Waals surface area contributed by atoms with E-state index < -0.39 is 17.7 Å². The van der Waals surface area contributed by atoms with Crippen molar-refractivity contribution >= 4 is 23.1 Å². The molecule has 1 aliphatic heterocycles. The molecule has 0 aliphatic carbocycles. The summed E-state index contributed by atoms with van der Waals surface area (Å²) in [5.41, 5.74) is 2.60. The normalized spacial score (nSPS) is 16.9. The van der Waals surface area contributed by atoms with Gasteiger partial charge in [-0.25, -0.2) is 0 Å². The highest BCUT2D eigenvalue weighted by molar-refractivity contribution is 6.51. The lowest BCUT2D eigenvalue weighted by molar-refractivity contribution is -0.132. The predicted molar refractivity (Wildman–Crippen MR) is 145 cm³/mol. The van der Waals surface area contributed by atoms with Crippen LogP contribution in [0.3, 0.4) is 0 Å². The van der Waals surface area contributed by atoms with Crippen LogP contribution in [0, 0.1) is 12.8 Å². The number of hydrogen-bond donors (Lipinski definition) is 1.